The van der Waals surface area contributed by atoms with Crippen molar-refractivity contribution in [2.24, 2.45) is 0 Å². The third-order valence-electron chi connectivity index (χ3n) is 6.49. The van der Waals surface area contributed by atoms with Gasteiger partial charge in [-0.2, -0.15) is 0 Å². The second-order valence-electron chi connectivity index (χ2n) is 8.97. The molecule has 1 N–H and O–H groups in total. The Balaban J connectivity index is 1.62. The van der Waals surface area contributed by atoms with E-state index in [1.807, 2.05) is 66.0 Å². The van der Waals surface area contributed by atoms with E-state index >= 15 is 0 Å². The lowest BCUT2D eigenvalue weighted by Gasteiger charge is -2.31. The van der Waals surface area contributed by atoms with E-state index < -0.39 is 17.9 Å². The predicted octanol–water partition coefficient (Wildman–Crippen LogP) is 9.62. The maximum Gasteiger partial charge on any atom is 0.348 e. The highest BCUT2D eigenvalue weighted by atomic mass is 35.5. The molecule has 1 atom stereocenters. The Kier molecular flexibility index (Phi) is 7.21. The number of hydrogen-bond donors (Lipinski definition) is 1. The molecular weight excluding hydrogens is 585 g/mol. The van der Waals surface area contributed by atoms with Gasteiger partial charge >= 0.3 is 5.97 Å². The van der Waals surface area contributed by atoms with Crippen LogP contribution in [0.1, 0.15) is 36.5 Å². The summed E-state index contributed by atoms with van der Waals surface area (Å²) in [5.41, 5.74) is 3.95. The van der Waals surface area contributed by atoms with E-state index in [0.717, 1.165) is 43.3 Å². The van der Waals surface area contributed by atoms with E-state index in [9.17, 15) is 14.7 Å². The molecule has 1 amide bonds. The minimum absolute atomic E-state index is 0.0463. The summed E-state index contributed by atoms with van der Waals surface area (Å²) in [6.45, 7) is 0. The largest absolute Gasteiger partial charge is 0.477 e. The monoisotopic (exact) mass is 603 g/mol. The molecule has 2 aromatic carbocycles. The summed E-state index contributed by atoms with van der Waals surface area (Å²) >= 11 is 15.3. The van der Waals surface area contributed by atoms with Crippen molar-refractivity contribution in [1.82, 2.24) is 0 Å². The molecule has 0 fully saturated rings. The average molecular weight is 605 g/mol. The van der Waals surface area contributed by atoms with Gasteiger partial charge in [-0.05, 0) is 70.6 Å². The molecule has 40 heavy (non-hydrogen) atoms. The Morgan fingerprint density at radius 1 is 0.875 bits per heavy atom. The molecular formula is C31H19Cl2NO4S2. The van der Waals surface area contributed by atoms with Crippen LogP contribution in [0.15, 0.2) is 107 Å². The standard InChI is InChI=1S/C31H19Cl2NO4S2/c32-22-8-9-23(24(33)15-22)30(35)34(25-16-27(40-29(25)31(36)37)18-5-2-1-3-6-18)28(26-7-4-12-39-26)20-13-19-10-11-38-17-21(19)14-20/h1-17,28H,(H,36,37). The number of carboxylic acid groups (broad SMARTS) is 1. The Labute approximate surface area is 247 Å². The number of rotatable bonds is 7. The second kappa shape index (κ2) is 10.9. The lowest BCUT2D eigenvalue weighted by Crippen LogP contribution is -2.36. The molecule has 4 aromatic rings. The van der Waals surface area contributed by atoms with Crippen LogP contribution in [-0.4, -0.2) is 17.0 Å². The third-order valence-corrected chi connectivity index (χ3v) is 9.12. The number of benzene rings is 2. The molecule has 1 aliphatic carbocycles. The second-order valence-corrected chi connectivity index (χ2v) is 11.8. The first kappa shape index (κ1) is 26.3. The zero-order valence-corrected chi connectivity index (χ0v) is 23.7. The first-order valence-corrected chi connectivity index (χ1v) is 14.6. The SMILES string of the molecule is O=C(O)c1sc(-c2ccccc2)cc1N(C(=O)c1ccc(Cl)cc1Cl)C(c1cc2ccocc-2c1)c1cccs1. The average Bonchev–Trinajstić information content (AvgIpc) is 3.71. The fourth-order valence-electron chi connectivity index (χ4n) is 4.70. The smallest absolute Gasteiger partial charge is 0.348 e. The first-order valence-electron chi connectivity index (χ1n) is 12.1. The zero-order chi connectivity index (χ0) is 27.8. The van der Waals surface area contributed by atoms with Crippen LogP contribution in [0.4, 0.5) is 5.69 Å². The van der Waals surface area contributed by atoms with E-state index in [2.05, 4.69) is 0 Å². The van der Waals surface area contributed by atoms with Crippen molar-refractivity contribution in [2.75, 3.05) is 4.90 Å². The van der Waals surface area contributed by atoms with E-state index in [-0.39, 0.29) is 21.2 Å². The normalized spacial score (nSPS) is 11.9. The van der Waals surface area contributed by atoms with Crippen molar-refractivity contribution in [3.63, 3.8) is 0 Å². The number of thiophene rings is 2. The van der Waals surface area contributed by atoms with Crippen molar-refractivity contribution >= 4 is 63.4 Å². The topological polar surface area (TPSA) is 70.8 Å². The van der Waals surface area contributed by atoms with Gasteiger partial charge in [0.2, 0.25) is 0 Å². The van der Waals surface area contributed by atoms with Crippen molar-refractivity contribution in [1.29, 1.82) is 0 Å². The molecule has 3 heterocycles. The Morgan fingerprint density at radius 2 is 1.68 bits per heavy atom. The molecule has 2 aliphatic rings. The van der Waals surface area contributed by atoms with Crippen LogP contribution in [0.25, 0.3) is 21.6 Å². The third kappa shape index (κ3) is 4.93. The van der Waals surface area contributed by atoms with Gasteiger partial charge in [0.05, 0.1) is 34.8 Å². The summed E-state index contributed by atoms with van der Waals surface area (Å²) < 4.78 is 5.38. The van der Waals surface area contributed by atoms with Gasteiger partial charge in [0, 0.05) is 20.3 Å². The number of aromatic carboxylic acids is 1. The van der Waals surface area contributed by atoms with Gasteiger partial charge in [0.1, 0.15) is 4.88 Å². The van der Waals surface area contributed by atoms with Crippen LogP contribution in [-0.2, 0) is 0 Å². The number of carbonyl (C=O) groups is 2. The fraction of sp³-hybridized carbons (Fsp3) is 0.0323. The molecule has 1 unspecified atom stereocenters. The quantitative estimate of drug-likeness (QED) is 0.197. The lowest BCUT2D eigenvalue weighted by atomic mass is 10.0. The van der Waals surface area contributed by atoms with E-state index in [0.29, 0.717) is 5.02 Å². The number of amides is 1. The van der Waals surface area contributed by atoms with Gasteiger partial charge < -0.3 is 9.52 Å². The summed E-state index contributed by atoms with van der Waals surface area (Å²) in [4.78, 5) is 30.3. The van der Waals surface area contributed by atoms with Crippen LogP contribution in [0.5, 0.6) is 0 Å². The van der Waals surface area contributed by atoms with Crippen molar-refractivity contribution in [3.05, 3.63) is 134 Å². The van der Waals surface area contributed by atoms with Crippen LogP contribution in [0.2, 0.25) is 10.0 Å². The van der Waals surface area contributed by atoms with Crippen molar-refractivity contribution < 1.29 is 19.1 Å². The summed E-state index contributed by atoms with van der Waals surface area (Å²) in [6.07, 6.45) is 3.24. The fourth-order valence-corrected chi connectivity index (χ4v) is 7.03. The van der Waals surface area contributed by atoms with Gasteiger partial charge in [-0.1, -0.05) is 59.6 Å². The lowest BCUT2D eigenvalue weighted by molar-refractivity contribution is 0.0703. The van der Waals surface area contributed by atoms with Crippen LogP contribution < -0.4 is 4.90 Å². The molecule has 0 spiro atoms. The number of fused-ring (bicyclic) bond motifs is 1. The van der Waals surface area contributed by atoms with Crippen LogP contribution >= 0.6 is 45.9 Å². The molecule has 0 saturated carbocycles. The summed E-state index contributed by atoms with van der Waals surface area (Å²) in [5.74, 6) is -1.58. The number of carboxylic acids is 1. The molecule has 9 heteroatoms. The van der Waals surface area contributed by atoms with E-state index in [1.54, 1.807) is 35.6 Å². The van der Waals surface area contributed by atoms with Crippen LogP contribution in [0, 0.1) is 0 Å². The minimum atomic E-state index is -1.13. The van der Waals surface area contributed by atoms with Crippen molar-refractivity contribution in [3.8, 4) is 21.6 Å². The minimum Gasteiger partial charge on any atom is -0.477 e. The molecule has 198 valence electrons. The number of carbonyl (C=O) groups excluding carboxylic acids is 1. The summed E-state index contributed by atoms with van der Waals surface area (Å²) in [6, 6.07) is 24.9. The van der Waals surface area contributed by atoms with Gasteiger partial charge in [-0.3, -0.25) is 9.69 Å². The highest BCUT2D eigenvalue weighted by molar-refractivity contribution is 7.18. The van der Waals surface area contributed by atoms with Gasteiger partial charge in [-0.25, -0.2) is 4.79 Å². The zero-order valence-electron chi connectivity index (χ0n) is 20.6. The van der Waals surface area contributed by atoms with Gasteiger partial charge in [0.15, 0.2) is 0 Å². The number of nitrogens with zero attached hydrogens (tertiary/aromatic N) is 1. The number of anilines is 1. The summed E-state index contributed by atoms with van der Waals surface area (Å²) in [5, 5.41) is 12.8. The molecule has 0 saturated heterocycles. The Morgan fingerprint density at radius 3 is 2.38 bits per heavy atom. The van der Waals surface area contributed by atoms with E-state index in [4.69, 9.17) is 27.6 Å². The molecule has 5 nitrogen and oxygen atoms in total. The molecule has 1 aliphatic heterocycles. The predicted molar refractivity (Wildman–Crippen MR) is 161 cm³/mol. The van der Waals surface area contributed by atoms with E-state index in [1.165, 1.54) is 17.4 Å². The molecule has 0 radical (unpaired) electrons. The molecule has 6 rings (SSSR count). The number of hydrogen-bond acceptors (Lipinski definition) is 5. The van der Waals surface area contributed by atoms with Gasteiger partial charge in [-0.15, -0.1) is 22.7 Å². The highest BCUT2D eigenvalue weighted by Crippen LogP contribution is 2.45. The Hall–Kier alpha value is -3.88. The Bertz CT molecular complexity index is 1760. The maximum absolute atomic E-state index is 14.5. The van der Waals surface area contributed by atoms with Crippen LogP contribution in [0.3, 0.4) is 0 Å². The van der Waals surface area contributed by atoms with Gasteiger partial charge in [0.25, 0.3) is 5.91 Å². The first-order chi connectivity index (χ1) is 19.4. The summed E-state index contributed by atoms with van der Waals surface area (Å²) in [7, 11) is 0. The molecule has 0 bridgehead atoms. The maximum atomic E-state index is 14.5. The number of halogens is 2. The van der Waals surface area contributed by atoms with Crippen molar-refractivity contribution in [2.45, 2.75) is 6.04 Å². The molecule has 2 aromatic heterocycles. The highest BCUT2D eigenvalue weighted by Gasteiger charge is 2.36.